The van der Waals surface area contributed by atoms with Gasteiger partial charge in [-0.25, -0.2) is 9.78 Å². The zero-order valence-electron chi connectivity index (χ0n) is 20.3. The number of hydrogen-bond donors (Lipinski definition) is 1. The highest BCUT2D eigenvalue weighted by molar-refractivity contribution is 6.07. The zero-order valence-corrected chi connectivity index (χ0v) is 20.3. The number of benzene rings is 2. The van der Waals surface area contributed by atoms with E-state index in [1.807, 2.05) is 42.5 Å². The van der Waals surface area contributed by atoms with Crippen molar-refractivity contribution in [2.45, 2.75) is 19.3 Å². The summed E-state index contributed by atoms with van der Waals surface area (Å²) in [5.74, 6) is 0.733. The molecule has 1 aromatic heterocycles. The van der Waals surface area contributed by atoms with Crippen LogP contribution < -0.4 is 19.5 Å². The number of rotatable bonds is 7. The number of nitrogens with zero attached hydrogens (tertiary/aromatic N) is 1. The molecule has 1 aliphatic carbocycles. The SMILES string of the molecule is CNC(=O)COC(=O)c1c2c(nc3ccccc13)C(=Cc1cc(OC)c(OC)c(OC)c1)CCC2. The average molecular weight is 477 g/mol. The number of esters is 1. The number of ether oxygens (including phenoxy) is 4. The smallest absolute Gasteiger partial charge is 0.339 e. The maximum Gasteiger partial charge on any atom is 0.339 e. The van der Waals surface area contributed by atoms with E-state index in [-0.39, 0.29) is 12.5 Å². The molecule has 0 aliphatic heterocycles. The van der Waals surface area contributed by atoms with Crippen molar-refractivity contribution < 1.29 is 28.5 Å². The molecule has 0 unspecified atom stereocenters. The van der Waals surface area contributed by atoms with E-state index in [1.54, 1.807) is 21.3 Å². The molecule has 0 saturated carbocycles. The van der Waals surface area contributed by atoms with Crippen LogP contribution in [0.25, 0.3) is 22.6 Å². The molecular formula is C27H28N2O6. The van der Waals surface area contributed by atoms with Gasteiger partial charge in [0.15, 0.2) is 18.1 Å². The molecule has 1 heterocycles. The number of carbonyl (C=O) groups excluding carboxylic acids is 2. The van der Waals surface area contributed by atoms with E-state index in [0.717, 1.165) is 35.2 Å². The van der Waals surface area contributed by atoms with Gasteiger partial charge in [0.2, 0.25) is 5.75 Å². The number of methoxy groups -OCH3 is 3. The van der Waals surface area contributed by atoms with Crippen LogP contribution >= 0.6 is 0 Å². The summed E-state index contributed by atoms with van der Waals surface area (Å²) in [5.41, 5.74) is 4.60. The molecule has 1 amide bonds. The Morgan fingerprint density at radius 2 is 1.74 bits per heavy atom. The highest BCUT2D eigenvalue weighted by atomic mass is 16.5. The molecule has 0 saturated heterocycles. The van der Waals surface area contributed by atoms with E-state index in [2.05, 4.69) is 5.32 Å². The van der Waals surface area contributed by atoms with Gasteiger partial charge in [0.05, 0.1) is 38.1 Å². The fourth-order valence-corrected chi connectivity index (χ4v) is 4.37. The Bertz CT molecular complexity index is 1290. The van der Waals surface area contributed by atoms with Crippen LogP contribution in [0.1, 0.15) is 40.0 Å². The second-order valence-electron chi connectivity index (χ2n) is 8.06. The van der Waals surface area contributed by atoms with Crippen molar-refractivity contribution in [1.29, 1.82) is 0 Å². The zero-order chi connectivity index (χ0) is 24.9. The van der Waals surface area contributed by atoms with Gasteiger partial charge in [-0.1, -0.05) is 18.2 Å². The molecule has 182 valence electrons. The Morgan fingerprint density at radius 1 is 1.03 bits per heavy atom. The van der Waals surface area contributed by atoms with E-state index in [4.69, 9.17) is 23.9 Å². The van der Waals surface area contributed by atoms with Crippen LogP contribution in [-0.2, 0) is 16.0 Å². The maximum atomic E-state index is 13.2. The predicted molar refractivity (Wildman–Crippen MR) is 133 cm³/mol. The molecular weight excluding hydrogens is 448 g/mol. The standard InChI is InChI=1S/C27H28N2O6/c1-28-23(30)15-35-27(31)24-18-9-5-6-11-20(18)29-25-17(8-7-10-19(24)25)12-16-13-21(32-2)26(34-4)22(14-16)33-3/h5-6,9,11-14H,7-8,10,15H2,1-4H3,(H,28,30). The van der Waals surface area contributed by atoms with E-state index in [1.165, 1.54) is 7.05 Å². The normalized spacial score (nSPS) is 13.8. The van der Waals surface area contributed by atoms with Crippen LogP contribution in [0.4, 0.5) is 0 Å². The largest absolute Gasteiger partial charge is 0.493 e. The number of likely N-dealkylation sites (N-methyl/N-ethyl adjacent to an activating group) is 1. The molecule has 35 heavy (non-hydrogen) atoms. The van der Waals surface area contributed by atoms with E-state index < -0.39 is 5.97 Å². The van der Waals surface area contributed by atoms with Gasteiger partial charge in [0, 0.05) is 12.4 Å². The summed E-state index contributed by atoms with van der Waals surface area (Å²) in [5, 5.41) is 3.18. The molecule has 3 aromatic rings. The van der Waals surface area contributed by atoms with Gasteiger partial charge in [-0.3, -0.25) is 4.79 Å². The van der Waals surface area contributed by atoms with Crippen molar-refractivity contribution in [1.82, 2.24) is 10.3 Å². The summed E-state index contributed by atoms with van der Waals surface area (Å²) >= 11 is 0. The first kappa shape index (κ1) is 24.1. The minimum atomic E-state index is -0.530. The minimum absolute atomic E-state index is 0.338. The molecule has 8 nitrogen and oxygen atoms in total. The maximum absolute atomic E-state index is 13.2. The number of aromatic nitrogens is 1. The van der Waals surface area contributed by atoms with Gasteiger partial charge < -0.3 is 24.3 Å². The second-order valence-corrected chi connectivity index (χ2v) is 8.06. The predicted octanol–water partition coefficient (Wildman–Crippen LogP) is 4.04. The molecule has 4 rings (SSSR count). The summed E-state index contributed by atoms with van der Waals surface area (Å²) in [4.78, 5) is 29.7. The third-order valence-electron chi connectivity index (χ3n) is 6.02. The molecule has 0 atom stereocenters. The fourth-order valence-electron chi connectivity index (χ4n) is 4.37. The van der Waals surface area contributed by atoms with Crippen LogP contribution in [0.15, 0.2) is 36.4 Å². The fraction of sp³-hybridized carbons (Fsp3) is 0.296. The molecule has 2 aromatic carbocycles. The minimum Gasteiger partial charge on any atom is -0.493 e. The third kappa shape index (κ3) is 4.77. The molecule has 8 heteroatoms. The summed E-state index contributed by atoms with van der Waals surface area (Å²) in [6, 6.07) is 11.2. The van der Waals surface area contributed by atoms with Gasteiger partial charge in [-0.15, -0.1) is 0 Å². The lowest BCUT2D eigenvalue weighted by atomic mass is 9.86. The van der Waals surface area contributed by atoms with Gasteiger partial charge >= 0.3 is 5.97 Å². The first-order valence-corrected chi connectivity index (χ1v) is 11.3. The lowest BCUT2D eigenvalue weighted by Gasteiger charge is -2.22. The molecule has 0 fully saturated rings. The van der Waals surface area contributed by atoms with Gasteiger partial charge in [0.25, 0.3) is 5.91 Å². The summed E-state index contributed by atoms with van der Waals surface area (Å²) in [6.45, 7) is -0.338. The van der Waals surface area contributed by atoms with Gasteiger partial charge in [-0.05, 0) is 60.2 Å². The number of amides is 1. The van der Waals surface area contributed by atoms with E-state index >= 15 is 0 Å². The topological polar surface area (TPSA) is 96.0 Å². The molecule has 0 bridgehead atoms. The lowest BCUT2D eigenvalue weighted by Crippen LogP contribution is -2.26. The Kier molecular flexibility index (Phi) is 7.19. The van der Waals surface area contributed by atoms with Crippen molar-refractivity contribution in [2.24, 2.45) is 0 Å². The second kappa shape index (κ2) is 10.5. The molecule has 1 aliphatic rings. The van der Waals surface area contributed by atoms with Crippen LogP contribution in [0.2, 0.25) is 0 Å². The van der Waals surface area contributed by atoms with Crippen LogP contribution in [0, 0.1) is 0 Å². The van der Waals surface area contributed by atoms with Crippen LogP contribution in [0.5, 0.6) is 17.2 Å². The first-order valence-electron chi connectivity index (χ1n) is 11.3. The summed E-state index contributed by atoms with van der Waals surface area (Å²) in [6.07, 6.45) is 4.36. The van der Waals surface area contributed by atoms with Crippen molar-refractivity contribution >= 4 is 34.4 Å². The third-order valence-corrected chi connectivity index (χ3v) is 6.02. The Morgan fingerprint density at radius 3 is 2.40 bits per heavy atom. The molecule has 0 radical (unpaired) electrons. The van der Waals surface area contributed by atoms with Gasteiger partial charge in [0.1, 0.15) is 0 Å². The summed E-state index contributed by atoms with van der Waals surface area (Å²) in [7, 11) is 6.22. The van der Waals surface area contributed by atoms with Crippen molar-refractivity contribution in [3.05, 3.63) is 58.8 Å². The summed E-state index contributed by atoms with van der Waals surface area (Å²) < 4.78 is 21.8. The van der Waals surface area contributed by atoms with Gasteiger partial charge in [-0.2, -0.15) is 0 Å². The number of para-hydroxylation sites is 1. The van der Waals surface area contributed by atoms with Crippen molar-refractivity contribution in [2.75, 3.05) is 35.0 Å². The van der Waals surface area contributed by atoms with Crippen molar-refractivity contribution in [3.8, 4) is 17.2 Å². The number of carbonyl (C=O) groups is 2. The lowest BCUT2D eigenvalue weighted by molar-refractivity contribution is -0.123. The highest BCUT2D eigenvalue weighted by Crippen LogP contribution is 2.41. The van der Waals surface area contributed by atoms with Crippen molar-refractivity contribution in [3.63, 3.8) is 0 Å². The highest BCUT2D eigenvalue weighted by Gasteiger charge is 2.26. The number of hydrogen-bond acceptors (Lipinski definition) is 7. The number of fused-ring (bicyclic) bond motifs is 2. The Hall–Kier alpha value is -4.07. The number of allylic oxidation sites excluding steroid dienone is 1. The molecule has 0 spiro atoms. The average Bonchev–Trinajstić information content (AvgIpc) is 2.89. The van der Waals surface area contributed by atoms with Crippen LogP contribution in [0.3, 0.4) is 0 Å². The Balaban J connectivity index is 1.85. The monoisotopic (exact) mass is 476 g/mol. The Labute approximate surface area is 203 Å². The number of pyridine rings is 1. The first-order chi connectivity index (χ1) is 17.0. The van der Waals surface area contributed by atoms with Crippen LogP contribution in [-0.4, -0.2) is 51.8 Å². The quantitative estimate of drug-likeness (QED) is 0.514. The number of nitrogens with one attached hydrogen (secondary N) is 1. The van der Waals surface area contributed by atoms with E-state index in [9.17, 15) is 9.59 Å². The molecule has 1 N–H and O–H groups in total. The van der Waals surface area contributed by atoms with E-state index in [0.29, 0.717) is 40.1 Å².